The average molecular weight is 351 g/mol. The minimum atomic E-state index is -0.734. The number of amides is 1. The van der Waals surface area contributed by atoms with Crippen molar-refractivity contribution in [2.75, 3.05) is 5.32 Å². The standard InChI is InChI=1S/C16H12Cl2N2O3/c17-12-5-4-9(6-13(12)18)14-8-15(23-20-14)16(22)19-10-2-1-3-11(21)7-10/h1-7,15,21H,8H2,(H,19,22)/t15-/m0/s1. The van der Waals surface area contributed by atoms with Gasteiger partial charge in [0.2, 0.25) is 6.10 Å². The summed E-state index contributed by atoms with van der Waals surface area (Å²) < 4.78 is 0. The molecule has 2 aromatic carbocycles. The van der Waals surface area contributed by atoms with Crippen molar-refractivity contribution in [3.8, 4) is 5.75 Å². The zero-order valence-electron chi connectivity index (χ0n) is 11.8. The lowest BCUT2D eigenvalue weighted by Gasteiger charge is -2.09. The molecule has 0 spiro atoms. The summed E-state index contributed by atoms with van der Waals surface area (Å²) >= 11 is 11.9. The van der Waals surface area contributed by atoms with Crippen LogP contribution in [-0.4, -0.2) is 22.8 Å². The summed E-state index contributed by atoms with van der Waals surface area (Å²) in [6.45, 7) is 0. The fraction of sp³-hybridized carbons (Fsp3) is 0.125. The van der Waals surface area contributed by atoms with Crippen LogP contribution in [0.5, 0.6) is 5.75 Å². The molecule has 1 aliphatic rings. The van der Waals surface area contributed by atoms with Crippen molar-refractivity contribution in [3.63, 3.8) is 0 Å². The van der Waals surface area contributed by atoms with Crippen LogP contribution >= 0.6 is 23.2 Å². The predicted octanol–water partition coefficient (Wildman–Crippen LogP) is 3.83. The van der Waals surface area contributed by atoms with Crippen molar-refractivity contribution >= 4 is 40.5 Å². The van der Waals surface area contributed by atoms with E-state index in [1.54, 1.807) is 30.3 Å². The first kappa shape index (κ1) is 15.6. The van der Waals surface area contributed by atoms with Gasteiger partial charge in [0.1, 0.15) is 5.75 Å². The van der Waals surface area contributed by atoms with Crippen molar-refractivity contribution in [2.24, 2.45) is 5.16 Å². The molecule has 0 unspecified atom stereocenters. The fourth-order valence-electron chi connectivity index (χ4n) is 2.17. The van der Waals surface area contributed by atoms with Crippen LogP contribution in [0.1, 0.15) is 12.0 Å². The van der Waals surface area contributed by atoms with Crippen molar-refractivity contribution < 1.29 is 14.7 Å². The van der Waals surface area contributed by atoms with E-state index in [0.29, 0.717) is 27.9 Å². The van der Waals surface area contributed by atoms with Crippen LogP contribution in [0.4, 0.5) is 5.69 Å². The summed E-state index contributed by atoms with van der Waals surface area (Å²) in [6, 6.07) is 11.4. The predicted molar refractivity (Wildman–Crippen MR) is 89.2 cm³/mol. The van der Waals surface area contributed by atoms with Gasteiger partial charge in [-0.3, -0.25) is 4.79 Å². The van der Waals surface area contributed by atoms with Gasteiger partial charge in [-0.25, -0.2) is 0 Å². The highest BCUT2D eigenvalue weighted by Gasteiger charge is 2.29. The van der Waals surface area contributed by atoms with Crippen LogP contribution in [0.2, 0.25) is 10.0 Å². The Morgan fingerprint density at radius 3 is 2.78 bits per heavy atom. The number of phenolic OH excluding ortho intramolecular Hbond substituents is 1. The monoisotopic (exact) mass is 350 g/mol. The third-order valence-electron chi connectivity index (χ3n) is 3.33. The summed E-state index contributed by atoms with van der Waals surface area (Å²) in [7, 11) is 0. The van der Waals surface area contributed by atoms with E-state index in [4.69, 9.17) is 28.0 Å². The lowest BCUT2D eigenvalue weighted by atomic mass is 10.0. The Hall–Kier alpha value is -2.24. The van der Waals surface area contributed by atoms with E-state index in [0.717, 1.165) is 5.56 Å². The maximum Gasteiger partial charge on any atom is 0.268 e. The molecule has 0 aromatic heterocycles. The number of aromatic hydroxyl groups is 1. The molecule has 1 amide bonds. The molecule has 2 N–H and O–H groups in total. The number of hydrogen-bond donors (Lipinski definition) is 2. The molecular formula is C16H12Cl2N2O3. The number of nitrogens with zero attached hydrogens (tertiary/aromatic N) is 1. The van der Waals surface area contributed by atoms with Crippen LogP contribution in [-0.2, 0) is 9.63 Å². The lowest BCUT2D eigenvalue weighted by molar-refractivity contribution is -0.125. The Morgan fingerprint density at radius 1 is 1.22 bits per heavy atom. The largest absolute Gasteiger partial charge is 0.508 e. The second kappa shape index (κ2) is 6.48. The lowest BCUT2D eigenvalue weighted by Crippen LogP contribution is -2.28. The van der Waals surface area contributed by atoms with Gasteiger partial charge >= 0.3 is 0 Å². The SMILES string of the molecule is O=C(Nc1cccc(O)c1)[C@@H]1CC(c2ccc(Cl)c(Cl)c2)=NO1. The molecule has 23 heavy (non-hydrogen) atoms. The first-order valence-corrected chi connectivity index (χ1v) is 7.56. The summed E-state index contributed by atoms with van der Waals surface area (Å²) in [6.07, 6.45) is -0.412. The van der Waals surface area contributed by atoms with Crippen LogP contribution in [0, 0.1) is 0 Å². The summed E-state index contributed by atoms with van der Waals surface area (Å²) in [5.74, 6) is -0.266. The van der Waals surface area contributed by atoms with Crippen LogP contribution in [0.3, 0.4) is 0 Å². The molecule has 0 fully saturated rings. The number of oxime groups is 1. The molecule has 5 nitrogen and oxygen atoms in total. The van der Waals surface area contributed by atoms with Crippen LogP contribution in [0.25, 0.3) is 0 Å². The van der Waals surface area contributed by atoms with Gasteiger partial charge in [-0.1, -0.05) is 40.5 Å². The maximum atomic E-state index is 12.2. The Bertz CT molecular complexity index is 793. The highest BCUT2D eigenvalue weighted by Crippen LogP contribution is 2.26. The van der Waals surface area contributed by atoms with Crippen molar-refractivity contribution in [2.45, 2.75) is 12.5 Å². The number of halogens is 2. The maximum absolute atomic E-state index is 12.2. The highest BCUT2D eigenvalue weighted by molar-refractivity contribution is 6.42. The van der Waals surface area contributed by atoms with Gasteiger partial charge in [0.25, 0.3) is 5.91 Å². The van der Waals surface area contributed by atoms with E-state index in [9.17, 15) is 9.90 Å². The van der Waals surface area contributed by atoms with Gasteiger partial charge in [0.15, 0.2) is 0 Å². The van der Waals surface area contributed by atoms with E-state index in [1.807, 2.05) is 0 Å². The molecular weight excluding hydrogens is 339 g/mol. The zero-order valence-corrected chi connectivity index (χ0v) is 13.3. The zero-order chi connectivity index (χ0) is 16.4. The smallest absolute Gasteiger partial charge is 0.268 e. The molecule has 2 aromatic rings. The van der Waals surface area contributed by atoms with Crippen molar-refractivity contribution in [1.82, 2.24) is 0 Å². The molecule has 1 heterocycles. The normalized spacial score (nSPS) is 16.6. The van der Waals surface area contributed by atoms with E-state index < -0.39 is 6.10 Å². The van der Waals surface area contributed by atoms with E-state index >= 15 is 0 Å². The van der Waals surface area contributed by atoms with Crippen LogP contribution < -0.4 is 5.32 Å². The number of rotatable bonds is 3. The number of hydrogen-bond acceptors (Lipinski definition) is 4. The van der Waals surface area contributed by atoms with E-state index in [1.165, 1.54) is 12.1 Å². The Balaban J connectivity index is 1.66. The molecule has 3 rings (SSSR count). The first-order valence-electron chi connectivity index (χ1n) is 6.81. The van der Waals surface area contributed by atoms with Gasteiger partial charge < -0.3 is 15.3 Å². The number of anilines is 1. The molecule has 0 bridgehead atoms. The number of phenols is 1. The van der Waals surface area contributed by atoms with Gasteiger partial charge in [0.05, 0.1) is 15.8 Å². The number of carbonyl (C=O) groups is 1. The van der Waals surface area contributed by atoms with E-state index in [2.05, 4.69) is 10.5 Å². The van der Waals surface area contributed by atoms with Crippen LogP contribution in [0.15, 0.2) is 47.6 Å². The van der Waals surface area contributed by atoms with E-state index in [-0.39, 0.29) is 11.7 Å². The molecule has 7 heteroatoms. The molecule has 0 saturated heterocycles. The number of carbonyl (C=O) groups excluding carboxylic acids is 1. The Labute approximate surface area is 142 Å². The van der Waals surface area contributed by atoms with Crippen molar-refractivity contribution in [3.05, 3.63) is 58.1 Å². The molecule has 0 radical (unpaired) electrons. The third kappa shape index (κ3) is 3.57. The molecule has 0 aliphatic carbocycles. The average Bonchev–Trinajstić information content (AvgIpc) is 3.00. The van der Waals surface area contributed by atoms with Gasteiger partial charge in [-0.05, 0) is 24.3 Å². The first-order chi connectivity index (χ1) is 11.0. The second-order valence-electron chi connectivity index (χ2n) is 5.00. The molecule has 1 aliphatic heterocycles. The number of nitrogens with one attached hydrogen (secondary N) is 1. The molecule has 118 valence electrons. The van der Waals surface area contributed by atoms with Crippen molar-refractivity contribution in [1.29, 1.82) is 0 Å². The quantitative estimate of drug-likeness (QED) is 0.883. The second-order valence-corrected chi connectivity index (χ2v) is 5.82. The molecule has 0 saturated carbocycles. The fourth-order valence-corrected chi connectivity index (χ4v) is 2.47. The summed E-state index contributed by atoms with van der Waals surface area (Å²) in [4.78, 5) is 17.4. The topological polar surface area (TPSA) is 70.9 Å². The third-order valence-corrected chi connectivity index (χ3v) is 4.07. The van der Waals surface area contributed by atoms with Gasteiger partial charge in [0, 0.05) is 23.7 Å². The minimum absolute atomic E-state index is 0.0721. The molecule has 1 atom stereocenters. The summed E-state index contributed by atoms with van der Waals surface area (Å²) in [5, 5.41) is 16.9. The minimum Gasteiger partial charge on any atom is -0.508 e. The van der Waals surface area contributed by atoms with Gasteiger partial charge in [-0.15, -0.1) is 0 Å². The number of benzene rings is 2. The Morgan fingerprint density at radius 2 is 2.04 bits per heavy atom. The van der Waals surface area contributed by atoms with Gasteiger partial charge in [-0.2, -0.15) is 0 Å². The Kier molecular flexibility index (Phi) is 4.41. The summed E-state index contributed by atoms with van der Waals surface area (Å²) in [5.41, 5.74) is 1.87. The highest BCUT2D eigenvalue weighted by atomic mass is 35.5.